The van der Waals surface area contributed by atoms with Gasteiger partial charge < -0.3 is 0 Å². The molecule has 0 aromatic carbocycles. The summed E-state index contributed by atoms with van der Waals surface area (Å²) in [7, 11) is 0. The summed E-state index contributed by atoms with van der Waals surface area (Å²) < 4.78 is 0. The Kier molecular flexibility index (Phi) is 145. The van der Waals surface area contributed by atoms with Crippen molar-refractivity contribution in [2.45, 2.75) is 427 Å². The molecule has 76 heavy (non-hydrogen) atoms. The van der Waals surface area contributed by atoms with E-state index in [1.165, 1.54) is 295 Å². The minimum Gasteiger partial charge on any atom is -0.298 e. The Morgan fingerprint density at radius 1 is 0.211 bits per heavy atom. The largest absolute Gasteiger partial charge is 0.298 e. The lowest BCUT2D eigenvalue weighted by molar-refractivity contribution is 0.504. The maximum atomic E-state index is 4.05. The summed E-state index contributed by atoms with van der Waals surface area (Å²) in [6.45, 7) is 40.4. The molecule has 2 aliphatic heterocycles. The number of rotatable bonds is 0. The molecule has 2 heteroatoms. The third-order valence-corrected chi connectivity index (χ3v) is 12.9. The first-order valence-electron chi connectivity index (χ1n) is 36.2. The molecule has 1 atom stereocenters. The van der Waals surface area contributed by atoms with Crippen LogP contribution in [0, 0.1) is 5.92 Å². The van der Waals surface area contributed by atoms with Crippen LogP contribution in [0.4, 0.5) is 0 Å². The molecule has 10 rings (SSSR count). The van der Waals surface area contributed by atoms with E-state index in [1.807, 2.05) is 137 Å². The van der Waals surface area contributed by atoms with E-state index in [1.54, 1.807) is 0 Å². The van der Waals surface area contributed by atoms with Crippen molar-refractivity contribution < 1.29 is 0 Å². The normalized spacial score (nSPS) is 19.0. The van der Waals surface area contributed by atoms with Crippen LogP contribution in [0.5, 0.6) is 0 Å². The molecule has 0 aromatic heterocycles. The molecule has 6 saturated carbocycles. The van der Waals surface area contributed by atoms with Gasteiger partial charge in [-0.2, -0.15) is 0 Å². The van der Waals surface area contributed by atoms with E-state index < -0.39 is 0 Å². The molecule has 0 spiro atoms. The molecule has 0 saturated heterocycles. The van der Waals surface area contributed by atoms with Gasteiger partial charge in [0.15, 0.2) is 0 Å². The first kappa shape index (κ1) is 94.1. The zero-order valence-electron chi connectivity index (χ0n) is 57.9. The highest BCUT2D eigenvalue weighted by atomic mass is 14.7. The smallest absolute Gasteiger partial charge is 0.0388 e. The molecule has 0 radical (unpaired) electrons. The summed E-state index contributed by atoms with van der Waals surface area (Å²) in [6.07, 6.45) is 80.1. The zero-order chi connectivity index (χ0) is 59.2. The van der Waals surface area contributed by atoms with Gasteiger partial charge in [0.05, 0.1) is 0 Å². The van der Waals surface area contributed by atoms with Gasteiger partial charge >= 0.3 is 0 Å². The highest BCUT2D eigenvalue weighted by Crippen LogP contribution is 2.19. The number of hydrogen-bond donors (Lipinski definition) is 0. The van der Waals surface area contributed by atoms with Gasteiger partial charge in [-0.1, -0.05) is 374 Å². The maximum absolute atomic E-state index is 4.05. The van der Waals surface area contributed by atoms with Gasteiger partial charge in [0.1, 0.15) is 0 Å². The predicted octanol–water partition coefficient (Wildman–Crippen LogP) is 29.1. The lowest BCUT2D eigenvalue weighted by atomic mass is 9.98. The number of aliphatic imine (C=N–C) groups is 2. The van der Waals surface area contributed by atoms with Crippen molar-refractivity contribution >= 4 is 12.4 Å². The van der Waals surface area contributed by atoms with Crippen molar-refractivity contribution in [1.29, 1.82) is 0 Å². The molecule has 0 bridgehead atoms. The standard InChI is InChI=1S/C7H12.C7H14.2C6H12.C6H10.C5H9N.3C5H10.C4H7N.9C2H6/c1-7-5-3-2-4-6-7;1-2-4-6-7-5-3-1;4*1-2-4-6-5-3-1;4*1-2-4-5-3-1;9*1-2/h3,5,7H,2,4,6H2,1H3;1-7H2;2*1-6H2;1-2H,3-6H2;4H,1-3,5H2;3*1-5H2;3H,1-2,4H2;9*1-2H3. The van der Waals surface area contributed by atoms with Crippen LogP contribution in [0.2, 0.25) is 0 Å². The van der Waals surface area contributed by atoms with Crippen LogP contribution in [0.15, 0.2) is 34.3 Å². The molecule has 466 valence electrons. The molecule has 0 N–H and O–H groups in total. The van der Waals surface area contributed by atoms with E-state index in [2.05, 4.69) is 41.2 Å². The van der Waals surface area contributed by atoms with Gasteiger partial charge in [-0.25, -0.2) is 0 Å². The average Bonchev–Trinajstić information content (AvgIpc) is 4.45. The first-order chi connectivity index (χ1) is 37.9. The molecule has 0 amide bonds. The Bertz CT molecular complexity index is 709. The Hall–Kier alpha value is -1.18. The van der Waals surface area contributed by atoms with Crippen LogP contribution < -0.4 is 0 Å². The van der Waals surface area contributed by atoms with Gasteiger partial charge in [0, 0.05) is 13.1 Å². The van der Waals surface area contributed by atoms with Gasteiger partial charge in [-0.3, -0.25) is 9.98 Å². The monoisotopic (exact) mass is 1080 g/mol. The topological polar surface area (TPSA) is 24.7 Å². The number of hydrogen-bond acceptors (Lipinski definition) is 2. The zero-order valence-corrected chi connectivity index (χ0v) is 57.9. The molecule has 10 aliphatic rings. The van der Waals surface area contributed by atoms with Crippen molar-refractivity contribution in [3.05, 3.63) is 24.3 Å². The summed E-state index contributed by atoms with van der Waals surface area (Å²) in [4.78, 5) is 8.01. The lowest BCUT2D eigenvalue weighted by Crippen LogP contribution is -1.92. The lowest BCUT2D eigenvalue weighted by Gasteiger charge is -2.08. The Morgan fingerprint density at radius 3 is 0.487 bits per heavy atom. The summed E-state index contributed by atoms with van der Waals surface area (Å²) in [6, 6.07) is 0. The highest BCUT2D eigenvalue weighted by molar-refractivity contribution is 5.58. The third kappa shape index (κ3) is 112. The Morgan fingerprint density at radius 2 is 0.408 bits per heavy atom. The minimum absolute atomic E-state index is 0.855. The second kappa shape index (κ2) is 117. The summed E-state index contributed by atoms with van der Waals surface area (Å²) in [5, 5.41) is 0. The van der Waals surface area contributed by atoms with Gasteiger partial charge in [0.25, 0.3) is 0 Å². The van der Waals surface area contributed by atoms with Crippen LogP contribution in [-0.2, 0) is 0 Å². The van der Waals surface area contributed by atoms with Crippen molar-refractivity contribution in [3.63, 3.8) is 0 Å². The van der Waals surface area contributed by atoms with Crippen molar-refractivity contribution in [3.8, 4) is 0 Å². The third-order valence-electron chi connectivity index (χ3n) is 12.9. The highest BCUT2D eigenvalue weighted by Gasteiger charge is 2.00. The molecule has 2 heterocycles. The molecule has 2 nitrogen and oxygen atoms in total. The fourth-order valence-electron chi connectivity index (χ4n) is 8.83. The van der Waals surface area contributed by atoms with Crippen molar-refractivity contribution in [1.82, 2.24) is 0 Å². The second-order valence-electron chi connectivity index (χ2n) is 18.9. The number of allylic oxidation sites excluding steroid dienone is 4. The van der Waals surface area contributed by atoms with E-state index in [0.29, 0.717) is 0 Å². The van der Waals surface area contributed by atoms with Crippen molar-refractivity contribution in [2.75, 3.05) is 13.1 Å². The Balaban J connectivity index is -0.0000000908. The summed E-state index contributed by atoms with van der Waals surface area (Å²) in [5.41, 5.74) is 0. The fraction of sp³-hybridized carbons (Fsp3) is 0.919. The molecular formula is C74H160N2. The van der Waals surface area contributed by atoms with Crippen LogP contribution in [0.1, 0.15) is 427 Å². The summed E-state index contributed by atoms with van der Waals surface area (Å²) >= 11 is 0. The minimum atomic E-state index is 0.855. The van der Waals surface area contributed by atoms with Crippen LogP contribution in [-0.4, -0.2) is 25.5 Å². The van der Waals surface area contributed by atoms with E-state index in [0.717, 1.165) is 19.0 Å². The van der Waals surface area contributed by atoms with Crippen LogP contribution >= 0.6 is 0 Å². The predicted molar refractivity (Wildman–Crippen MR) is 369 cm³/mol. The van der Waals surface area contributed by atoms with Gasteiger partial charge in [-0.05, 0) is 95.4 Å². The quantitative estimate of drug-likeness (QED) is 0.171. The van der Waals surface area contributed by atoms with Crippen LogP contribution in [0.25, 0.3) is 0 Å². The fourth-order valence-corrected chi connectivity index (χ4v) is 8.83. The second-order valence-corrected chi connectivity index (χ2v) is 18.9. The SMILES string of the molecule is C1=CCCCC1.C1=NCCC1.C1=NCCCC1.C1CCCC1.C1CCCC1.C1CCCC1.C1CCCCC1.C1CCCCC1.C1CCCCCC1.CC.CC.CC.CC.CC.CC.CC.CC.CC.CC1C=CCCC1. The molecular weight excluding hydrogens is 917 g/mol. The van der Waals surface area contributed by atoms with Gasteiger partial charge in [-0.15, -0.1) is 0 Å². The molecule has 0 aromatic rings. The molecule has 1 unspecified atom stereocenters. The maximum Gasteiger partial charge on any atom is 0.0388 e. The summed E-state index contributed by atoms with van der Waals surface area (Å²) in [5.74, 6) is 0.855. The average molecular weight is 1080 g/mol. The Labute approximate surface area is 490 Å². The van der Waals surface area contributed by atoms with E-state index in [-0.39, 0.29) is 0 Å². The van der Waals surface area contributed by atoms with E-state index >= 15 is 0 Å². The van der Waals surface area contributed by atoms with Crippen LogP contribution in [0.3, 0.4) is 0 Å². The molecule has 8 aliphatic carbocycles. The first-order valence-corrected chi connectivity index (χ1v) is 36.2. The van der Waals surface area contributed by atoms with Gasteiger partial charge in [0.2, 0.25) is 0 Å². The van der Waals surface area contributed by atoms with E-state index in [9.17, 15) is 0 Å². The van der Waals surface area contributed by atoms with E-state index in [4.69, 9.17) is 0 Å². The number of nitrogens with zero attached hydrogens (tertiary/aromatic N) is 2. The van der Waals surface area contributed by atoms with Crippen molar-refractivity contribution in [2.24, 2.45) is 15.9 Å². The molecule has 6 fully saturated rings.